The summed E-state index contributed by atoms with van der Waals surface area (Å²) in [6, 6.07) is 3.69. The molecule has 1 aromatic rings. The van der Waals surface area contributed by atoms with Gasteiger partial charge in [0.25, 0.3) is 5.91 Å². The highest BCUT2D eigenvalue weighted by Crippen LogP contribution is 2.23. The van der Waals surface area contributed by atoms with Crippen molar-refractivity contribution in [2.75, 3.05) is 13.2 Å². The molecule has 20 heavy (non-hydrogen) atoms. The molecule has 106 valence electrons. The average Bonchev–Trinajstić information content (AvgIpc) is 2.43. The van der Waals surface area contributed by atoms with Gasteiger partial charge in [-0.15, -0.1) is 0 Å². The maximum absolute atomic E-state index is 12.2. The lowest BCUT2D eigenvalue weighted by Gasteiger charge is -2.35. The Bertz CT molecular complexity index is 527. The molecule has 1 amide bonds. The highest BCUT2D eigenvalue weighted by Gasteiger charge is 2.31. The summed E-state index contributed by atoms with van der Waals surface area (Å²) in [4.78, 5) is 16.3. The number of ether oxygens (including phenoxy) is 1. The minimum absolute atomic E-state index is 0.163. The highest BCUT2D eigenvalue weighted by atomic mass is 16.5. The number of carbonyl (C=O) groups is 1. The number of amides is 1. The summed E-state index contributed by atoms with van der Waals surface area (Å²) < 4.78 is 5.47. The van der Waals surface area contributed by atoms with E-state index in [9.17, 15) is 4.79 Å². The van der Waals surface area contributed by atoms with E-state index in [2.05, 4.69) is 22.1 Å². The molecule has 0 saturated heterocycles. The van der Waals surface area contributed by atoms with Crippen LogP contribution in [0.2, 0.25) is 0 Å². The van der Waals surface area contributed by atoms with Crippen LogP contribution in [0.1, 0.15) is 35.8 Å². The number of nitrogens with two attached hydrogens (primary N) is 1. The van der Waals surface area contributed by atoms with Crippen molar-refractivity contribution in [1.82, 2.24) is 10.3 Å². The van der Waals surface area contributed by atoms with Crippen molar-refractivity contribution in [3.05, 3.63) is 29.6 Å². The Morgan fingerprint density at radius 2 is 2.40 bits per heavy atom. The fourth-order valence-electron chi connectivity index (χ4n) is 2.14. The molecule has 0 aromatic carbocycles. The fourth-order valence-corrected chi connectivity index (χ4v) is 2.14. The predicted octanol–water partition coefficient (Wildman–Crippen LogP) is 0.689. The molecule has 1 saturated carbocycles. The highest BCUT2D eigenvalue weighted by molar-refractivity contribution is 5.95. The quantitative estimate of drug-likeness (QED) is 0.791. The monoisotopic (exact) mass is 273 g/mol. The number of pyridine rings is 1. The maximum Gasteiger partial charge on any atom is 0.271 e. The van der Waals surface area contributed by atoms with Gasteiger partial charge in [-0.05, 0) is 31.9 Å². The zero-order chi connectivity index (χ0) is 14.4. The van der Waals surface area contributed by atoms with Crippen molar-refractivity contribution in [3.63, 3.8) is 0 Å². The summed E-state index contributed by atoms with van der Waals surface area (Å²) in [5.41, 5.74) is 6.31. The molecule has 5 nitrogen and oxygen atoms in total. The molecule has 0 aliphatic heterocycles. The molecule has 1 fully saturated rings. The van der Waals surface area contributed by atoms with Crippen LogP contribution in [0.25, 0.3) is 0 Å². The topological polar surface area (TPSA) is 77.2 Å². The Morgan fingerprint density at radius 3 is 3.10 bits per heavy atom. The molecule has 1 aliphatic rings. The van der Waals surface area contributed by atoms with Crippen molar-refractivity contribution in [2.45, 2.75) is 31.9 Å². The van der Waals surface area contributed by atoms with Gasteiger partial charge in [0.2, 0.25) is 0 Å². The van der Waals surface area contributed by atoms with E-state index in [0.717, 1.165) is 12.8 Å². The van der Waals surface area contributed by atoms with Gasteiger partial charge in [-0.25, -0.2) is 4.98 Å². The lowest BCUT2D eigenvalue weighted by molar-refractivity contribution is -0.00867. The molecule has 0 unspecified atom stereocenters. The first kappa shape index (κ1) is 14.5. The summed E-state index contributed by atoms with van der Waals surface area (Å²) in [6.45, 7) is 2.95. The van der Waals surface area contributed by atoms with Crippen LogP contribution in [0, 0.1) is 11.8 Å². The SMILES string of the molecule is CCOC1CC(NC(=O)c2ncccc2C#CCN)C1. The third-order valence-corrected chi connectivity index (χ3v) is 3.18. The van der Waals surface area contributed by atoms with Crippen molar-refractivity contribution >= 4 is 5.91 Å². The number of carbonyl (C=O) groups excluding carboxylic acids is 1. The Morgan fingerprint density at radius 1 is 1.60 bits per heavy atom. The van der Waals surface area contributed by atoms with Gasteiger partial charge in [-0.1, -0.05) is 11.8 Å². The average molecular weight is 273 g/mol. The summed E-state index contributed by atoms with van der Waals surface area (Å²) in [5, 5.41) is 2.96. The Hall–Kier alpha value is -1.90. The summed E-state index contributed by atoms with van der Waals surface area (Å²) in [7, 11) is 0. The molecular formula is C15H19N3O2. The smallest absolute Gasteiger partial charge is 0.271 e. The molecule has 1 heterocycles. The van der Waals surface area contributed by atoms with Crippen LogP contribution in [0.3, 0.4) is 0 Å². The summed E-state index contributed by atoms with van der Waals surface area (Å²) in [6.07, 6.45) is 3.57. The van der Waals surface area contributed by atoms with Crippen molar-refractivity contribution in [2.24, 2.45) is 5.73 Å². The van der Waals surface area contributed by atoms with E-state index < -0.39 is 0 Å². The van der Waals surface area contributed by atoms with Gasteiger partial charge in [0.05, 0.1) is 18.2 Å². The van der Waals surface area contributed by atoms with Gasteiger partial charge in [0.1, 0.15) is 5.69 Å². The molecule has 3 N–H and O–H groups in total. The zero-order valence-electron chi connectivity index (χ0n) is 11.6. The first-order valence-corrected chi connectivity index (χ1v) is 6.81. The Kier molecular flexibility index (Phi) is 5.10. The second kappa shape index (κ2) is 7.04. The van der Waals surface area contributed by atoms with Gasteiger partial charge in [0, 0.05) is 18.8 Å². The van der Waals surface area contributed by atoms with E-state index in [0.29, 0.717) is 17.9 Å². The van der Waals surface area contributed by atoms with E-state index in [1.54, 1.807) is 18.3 Å². The molecule has 0 spiro atoms. The minimum atomic E-state index is -0.188. The lowest BCUT2D eigenvalue weighted by atomic mass is 9.89. The van der Waals surface area contributed by atoms with Gasteiger partial charge >= 0.3 is 0 Å². The second-order valence-electron chi connectivity index (χ2n) is 4.62. The number of nitrogens with one attached hydrogen (secondary N) is 1. The molecule has 1 aromatic heterocycles. The van der Waals surface area contributed by atoms with Gasteiger partial charge in [0.15, 0.2) is 0 Å². The molecule has 0 bridgehead atoms. The largest absolute Gasteiger partial charge is 0.378 e. The van der Waals surface area contributed by atoms with Gasteiger partial charge in [-0.2, -0.15) is 0 Å². The Balaban J connectivity index is 1.96. The minimum Gasteiger partial charge on any atom is -0.378 e. The molecule has 1 aliphatic carbocycles. The Labute approximate surface area is 118 Å². The number of nitrogens with zero attached hydrogens (tertiary/aromatic N) is 1. The van der Waals surface area contributed by atoms with Crippen molar-refractivity contribution in [3.8, 4) is 11.8 Å². The second-order valence-corrected chi connectivity index (χ2v) is 4.62. The normalized spacial score (nSPS) is 20.5. The standard InChI is InChI=1S/C15H19N3O2/c1-2-20-13-9-12(10-13)18-15(19)14-11(5-3-7-16)6-4-8-17-14/h4,6,8,12-13H,2,7,9-10,16H2,1H3,(H,18,19). The molecular weight excluding hydrogens is 254 g/mol. The number of hydrogen-bond acceptors (Lipinski definition) is 4. The molecule has 5 heteroatoms. The van der Waals surface area contributed by atoms with E-state index in [1.165, 1.54) is 0 Å². The van der Waals surface area contributed by atoms with Crippen LogP contribution in [-0.2, 0) is 4.74 Å². The number of aromatic nitrogens is 1. The lowest BCUT2D eigenvalue weighted by Crippen LogP contribution is -2.48. The van der Waals surface area contributed by atoms with Crippen LogP contribution in [0.15, 0.2) is 18.3 Å². The van der Waals surface area contributed by atoms with Gasteiger partial charge in [-0.3, -0.25) is 4.79 Å². The first-order chi connectivity index (χ1) is 9.74. The zero-order valence-corrected chi connectivity index (χ0v) is 11.6. The van der Waals surface area contributed by atoms with E-state index in [-0.39, 0.29) is 24.6 Å². The summed E-state index contributed by atoms with van der Waals surface area (Å²) in [5.74, 6) is 5.42. The van der Waals surface area contributed by atoms with Crippen LogP contribution >= 0.6 is 0 Å². The van der Waals surface area contributed by atoms with Crippen molar-refractivity contribution < 1.29 is 9.53 Å². The first-order valence-electron chi connectivity index (χ1n) is 6.81. The molecule has 2 rings (SSSR count). The van der Waals surface area contributed by atoms with Crippen LogP contribution in [0.5, 0.6) is 0 Å². The van der Waals surface area contributed by atoms with Crippen LogP contribution in [0.4, 0.5) is 0 Å². The summed E-state index contributed by atoms with van der Waals surface area (Å²) >= 11 is 0. The van der Waals surface area contributed by atoms with Crippen LogP contribution in [-0.4, -0.2) is 36.2 Å². The molecule has 0 radical (unpaired) electrons. The van der Waals surface area contributed by atoms with Crippen molar-refractivity contribution in [1.29, 1.82) is 0 Å². The predicted molar refractivity (Wildman–Crippen MR) is 76.1 cm³/mol. The van der Waals surface area contributed by atoms with Crippen LogP contribution < -0.4 is 11.1 Å². The van der Waals surface area contributed by atoms with E-state index >= 15 is 0 Å². The fraction of sp³-hybridized carbons (Fsp3) is 0.467. The third kappa shape index (κ3) is 3.56. The number of rotatable bonds is 4. The maximum atomic E-state index is 12.2. The molecule has 0 atom stereocenters. The van der Waals surface area contributed by atoms with E-state index in [4.69, 9.17) is 10.5 Å². The van der Waals surface area contributed by atoms with E-state index in [1.807, 2.05) is 6.92 Å². The third-order valence-electron chi connectivity index (χ3n) is 3.18. The number of hydrogen-bond donors (Lipinski definition) is 2. The van der Waals surface area contributed by atoms with Gasteiger partial charge < -0.3 is 15.8 Å².